The van der Waals surface area contributed by atoms with Crippen molar-refractivity contribution in [2.75, 3.05) is 6.61 Å². The molecule has 0 unspecified atom stereocenters. The summed E-state index contributed by atoms with van der Waals surface area (Å²) in [5, 5.41) is 1.61. The maximum atomic E-state index is 13.3. The summed E-state index contributed by atoms with van der Waals surface area (Å²) < 4.78 is 8.97. The van der Waals surface area contributed by atoms with Crippen LogP contribution in [0.15, 0.2) is 57.3 Å². The van der Waals surface area contributed by atoms with Gasteiger partial charge in [-0.1, -0.05) is 29.4 Å². The Morgan fingerprint density at radius 2 is 2.06 bits per heavy atom. The normalized spacial score (nSPS) is 16.2. The van der Waals surface area contributed by atoms with Crippen LogP contribution in [0.3, 0.4) is 0 Å². The van der Waals surface area contributed by atoms with E-state index in [0.29, 0.717) is 51.3 Å². The Kier molecular flexibility index (Phi) is 5.75. The van der Waals surface area contributed by atoms with Gasteiger partial charge in [-0.2, -0.15) is 0 Å². The lowest BCUT2D eigenvalue weighted by Gasteiger charge is -2.16. The molecule has 1 atom stereocenters. The first-order chi connectivity index (χ1) is 15.5. The molecule has 1 fully saturated rings. The number of benzene rings is 1. The van der Waals surface area contributed by atoms with Gasteiger partial charge in [-0.25, -0.2) is 9.97 Å². The maximum Gasteiger partial charge on any atom is 0.262 e. The van der Waals surface area contributed by atoms with E-state index in [9.17, 15) is 9.59 Å². The van der Waals surface area contributed by atoms with E-state index in [4.69, 9.17) is 21.3 Å². The molecule has 1 aromatic carbocycles. The van der Waals surface area contributed by atoms with Crippen molar-refractivity contribution in [2.24, 2.45) is 0 Å². The summed E-state index contributed by atoms with van der Waals surface area (Å²) in [7, 11) is 0. The molecule has 4 heterocycles. The van der Waals surface area contributed by atoms with Gasteiger partial charge in [-0.05, 0) is 49.6 Å². The van der Waals surface area contributed by atoms with Crippen LogP contribution in [0.5, 0.6) is 0 Å². The highest BCUT2D eigenvalue weighted by atomic mass is 35.5. The Bertz CT molecular complexity index is 1440. The SMILES string of the molecule is Cc1ccc2nc(CSc3nc4cc(Cl)ccc4c(=O)n3C[C@H]3CCCO3)cc(=O)n2c1. The van der Waals surface area contributed by atoms with Crippen molar-refractivity contribution < 1.29 is 4.74 Å². The third-order valence-corrected chi connectivity index (χ3v) is 6.75. The van der Waals surface area contributed by atoms with Crippen LogP contribution >= 0.6 is 23.4 Å². The molecule has 0 spiro atoms. The first-order valence-corrected chi connectivity index (χ1v) is 11.8. The summed E-state index contributed by atoms with van der Waals surface area (Å²) in [5.74, 6) is 0.406. The summed E-state index contributed by atoms with van der Waals surface area (Å²) in [4.78, 5) is 35.1. The second kappa shape index (κ2) is 8.69. The van der Waals surface area contributed by atoms with Gasteiger partial charge in [0, 0.05) is 29.6 Å². The number of aryl methyl sites for hydroxylation is 1. The van der Waals surface area contributed by atoms with Crippen LogP contribution in [0.4, 0.5) is 0 Å². The first kappa shape index (κ1) is 21.2. The number of hydrogen-bond donors (Lipinski definition) is 0. The van der Waals surface area contributed by atoms with Gasteiger partial charge in [0.2, 0.25) is 0 Å². The Morgan fingerprint density at radius 1 is 1.19 bits per heavy atom. The zero-order valence-electron chi connectivity index (χ0n) is 17.5. The second-order valence-corrected chi connectivity index (χ2v) is 9.29. The van der Waals surface area contributed by atoms with Crippen molar-refractivity contribution in [1.29, 1.82) is 0 Å². The number of fused-ring (bicyclic) bond motifs is 2. The fourth-order valence-corrected chi connectivity index (χ4v) is 4.98. The number of ether oxygens (including phenoxy) is 1. The highest BCUT2D eigenvalue weighted by molar-refractivity contribution is 7.98. The number of halogens is 1. The molecule has 7 nitrogen and oxygen atoms in total. The quantitative estimate of drug-likeness (QED) is 0.327. The second-order valence-electron chi connectivity index (χ2n) is 7.92. The van der Waals surface area contributed by atoms with E-state index < -0.39 is 0 Å². The van der Waals surface area contributed by atoms with Crippen LogP contribution in [0.1, 0.15) is 24.1 Å². The van der Waals surface area contributed by atoms with Gasteiger partial charge in [0.1, 0.15) is 5.65 Å². The number of nitrogens with zero attached hydrogens (tertiary/aromatic N) is 4. The minimum absolute atomic E-state index is 0.00900. The Balaban J connectivity index is 1.52. The monoisotopic (exact) mass is 468 g/mol. The third kappa shape index (κ3) is 4.18. The number of pyridine rings is 1. The van der Waals surface area contributed by atoms with Crippen molar-refractivity contribution >= 4 is 39.9 Å². The van der Waals surface area contributed by atoms with Gasteiger partial charge >= 0.3 is 0 Å². The summed E-state index contributed by atoms with van der Waals surface area (Å²) in [6.07, 6.45) is 3.67. The van der Waals surface area contributed by atoms with Gasteiger partial charge in [0.25, 0.3) is 11.1 Å². The fourth-order valence-electron chi connectivity index (χ4n) is 3.91. The summed E-state index contributed by atoms with van der Waals surface area (Å²) in [5.41, 5.74) is 2.51. The van der Waals surface area contributed by atoms with Crippen LogP contribution in [0.25, 0.3) is 16.6 Å². The number of aromatic nitrogens is 4. The van der Waals surface area contributed by atoms with E-state index in [-0.39, 0.29) is 17.2 Å². The Hall–Kier alpha value is -2.68. The van der Waals surface area contributed by atoms with E-state index >= 15 is 0 Å². The third-order valence-electron chi connectivity index (χ3n) is 5.50. The van der Waals surface area contributed by atoms with Crippen molar-refractivity contribution in [3.05, 3.63) is 79.6 Å². The molecule has 0 amide bonds. The van der Waals surface area contributed by atoms with Crippen molar-refractivity contribution in [2.45, 2.75) is 43.3 Å². The van der Waals surface area contributed by atoms with Crippen LogP contribution in [-0.2, 0) is 17.0 Å². The molecule has 32 heavy (non-hydrogen) atoms. The molecule has 0 aliphatic carbocycles. The molecule has 164 valence electrons. The average molecular weight is 469 g/mol. The zero-order valence-corrected chi connectivity index (χ0v) is 19.0. The number of hydrogen-bond acceptors (Lipinski definition) is 6. The molecule has 9 heteroatoms. The smallest absolute Gasteiger partial charge is 0.262 e. The molecule has 1 saturated heterocycles. The molecule has 0 radical (unpaired) electrons. The lowest BCUT2D eigenvalue weighted by molar-refractivity contribution is 0.0937. The highest BCUT2D eigenvalue weighted by Gasteiger charge is 2.20. The van der Waals surface area contributed by atoms with Gasteiger partial charge in [0.05, 0.1) is 29.2 Å². The Morgan fingerprint density at radius 3 is 2.88 bits per heavy atom. The molecule has 3 aromatic heterocycles. The predicted molar refractivity (Wildman–Crippen MR) is 126 cm³/mol. The lowest BCUT2D eigenvalue weighted by Crippen LogP contribution is -2.28. The molecule has 1 aliphatic rings. The van der Waals surface area contributed by atoms with Gasteiger partial charge in [-0.3, -0.25) is 18.6 Å². The van der Waals surface area contributed by atoms with E-state index in [1.807, 2.05) is 19.1 Å². The number of rotatable bonds is 5. The molecular formula is C23H21ClN4O3S. The molecule has 1 aliphatic heterocycles. The summed E-state index contributed by atoms with van der Waals surface area (Å²) in [6.45, 7) is 3.09. The standard InChI is InChI=1S/C23H21ClN4O3S/c1-14-4-7-20-25-16(10-21(29)27(20)11-14)13-32-23-26-19-9-15(24)5-6-18(19)22(30)28(23)12-17-3-2-8-31-17/h4-7,9-11,17H,2-3,8,12-13H2,1H3/t17-/m1/s1. The van der Waals surface area contributed by atoms with E-state index in [1.54, 1.807) is 29.0 Å². The minimum atomic E-state index is -0.135. The van der Waals surface area contributed by atoms with Crippen LogP contribution in [-0.4, -0.2) is 31.6 Å². The van der Waals surface area contributed by atoms with E-state index in [2.05, 4.69) is 4.98 Å². The largest absolute Gasteiger partial charge is 0.376 e. The molecule has 0 N–H and O–H groups in total. The van der Waals surface area contributed by atoms with Gasteiger partial charge in [0.15, 0.2) is 5.16 Å². The topological polar surface area (TPSA) is 78.5 Å². The van der Waals surface area contributed by atoms with Crippen molar-refractivity contribution in [3.63, 3.8) is 0 Å². The van der Waals surface area contributed by atoms with Crippen LogP contribution in [0.2, 0.25) is 5.02 Å². The molecule has 4 aromatic rings. The minimum Gasteiger partial charge on any atom is -0.376 e. The van der Waals surface area contributed by atoms with Crippen LogP contribution < -0.4 is 11.1 Å². The summed E-state index contributed by atoms with van der Waals surface area (Å²) >= 11 is 7.52. The molecule has 5 rings (SSSR count). The molecular weight excluding hydrogens is 448 g/mol. The Labute approximate surface area is 193 Å². The van der Waals surface area contributed by atoms with Gasteiger partial charge < -0.3 is 4.74 Å². The maximum absolute atomic E-state index is 13.3. The average Bonchev–Trinajstić information content (AvgIpc) is 3.28. The van der Waals surface area contributed by atoms with Crippen molar-refractivity contribution in [1.82, 2.24) is 18.9 Å². The fraction of sp³-hybridized carbons (Fsp3) is 0.304. The predicted octanol–water partition coefficient (Wildman–Crippen LogP) is 3.84. The zero-order chi connectivity index (χ0) is 22.2. The summed E-state index contributed by atoms with van der Waals surface area (Å²) in [6, 6.07) is 10.4. The highest BCUT2D eigenvalue weighted by Crippen LogP contribution is 2.24. The molecule has 0 bridgehead atoms. The van der Waals surface area contributed by atoms with E-state index in [0.717, 1.165) is 18.4 Å². The number of thioether (sulfide) groups is 1. The van der Waals surface area contributed by atoms with E-state index in [1.165, 1.54) is 22.2 Å². The van der Waals surface area contributed by atoms with Gasteiger partial charge in [-0.15, -0.1) is 0 Å². The first-order valence-electron chi connectivity index (χ1n) is 10.4. The molecule has 0 saturated carbocycles. The van der Waals surface area contributed by atoms with Crippen LogP contribution in [0, 0.1) is 6.92 Å². The van der Waals surface area contributed by atoms with Crippen molar-refractivity contribution in [3.8, 4) is 0 Å². The lowest BCUT2D eigenvalue weighted by atomic mass is 10.2.